The van der Waals surface area contributed by atoms with Gasteiger partial charge in [0, 0.05) is 97.4 Å². The monoisotopic (exact) mass is 1160 g/mol. The Morgan fingerprint density at radius 3 is 1.32 bits per heavy atom. The summed E-state index contributed by atoms with van der Waals surface area (Å²) in [6, 6.07) is -6.51. The van der Waals surface area contributed by atoms with Crippen LogP contribution in [-0.2, 0) is 19.6 Å². The Kier molecular flexibility index (Phi) is 11.6. The number of aliphatic hydroxyl groups excluding tert-OH is 8. The first-order chi connectivity index (χ1) is 37.8. The van der Waals surface area contributed by atoms with Gasteiger partial charge in [-0.25, -0.2) is 19.6 Å². The predicted octanol–water partition coefficient (Wildman–Crippen LogP) is -4.59. The third kappa shape index (κ3) is 6.17. The molecule has 6 saturated heterocycles. The number of hydrogen-bond donors (Lipinski definition) is 21. The molecule has 27 nitrogen and oxygen atoms in total. The van der Waals surface area contributed by atoms with E-state index in [0.29, 0.717) is 0 Å². The third-order valence-corrected chi connectivity index (χ3v) is 24.0. The lowest BCUT2D eigenvalue weighted by Gasteiger charge is -2.60. The average molecular weight is 1160 g/mol. The molecule has 31 heteroatoms. The van der Waals surface area contributed by atoms with Crippen LogP contribution in [0.2, 0.25) is 5.82 Å². The molecule has 3 aromatic rings. The highest BCUT2D eigenvalue weighted by molar-refractivity contribution is 8.01. The number of thioether (sulfide) groups is 2. The van der Waals surface area contributed by atoms with E-state index in [9.17, 15) is 107 Å². The fourth-order valence-corrected chi connectivity index (χ4v) is 21.6. The number of aromatic hydroxyl groups is 13. The van der Waals surface area contributed by atoms with Crippen LogP contribution >= 0.6 is 23.5 Å². The lowest BCUT2D eigenvalue weighted by molar-refractivity contribution is -0.423. The van der Waals surface area contributed by atoms with Crippen molar-refractivity contribution in [3.8, 4) is 85.9 Å². The molecule has 5 saturated carbocycles. The Balaban J connectivity index is 1.02. The molecule has 4 radical (unpaired) electrons. The number of rotatable bonds is 3. The van der Waals surface area contributed by atoms with Crippen LogP contribution in [0.1, 0.15) is 29.9 Å². The molecule has 6 heterocycles. The van der Waals surface area contributed by atoms with Gasteiger partial charge in [-0.15, -0.1) is 23.5 Å². The van der Waals surface area contributed by atoms with Gasteiger partial charge < -0.3 is 107 Å². The number of benzene rings is 3. The minimum atomic E-state index is -1.93. The molecule has 3 aromatic carbocycles. The Hall–Kier alpha value is -4.67. The second-order valence-corrected chi connectivity index (χ2v) is 26.2. The SMILES string of the molecule is [B]c1c(O)c(O)c(O)c(O)c1-c1c(O)c(O)c(O)c(C2C([B])C(c3c(O)c(O)c(O)c(O)c3O)C3OOC4C5OOC6C(O)C(C)C(O)C7C8C(O)C(O)C(O)C9SC(C%10C%11C(O)C(O)C(O)C%12SC2C3N(C4%10)C%12%11)C5N(C67)C98)c1O. The highest BCUT2D eigenvalue weighted by atomic mass is 32.2. The molecule has 80 heavy (non-hydrogen) atoms. The van der Waals surface area contributed by atoms with Gasteiger partial charge in [-0.1, -0.05) is 12.7 Å². The molecular formula is C49H54B2N2O25S2. The summed E-state index contributed by atoms with van der Waals surface area (Å²) in [6.07, 6.45) is -19.0. The van der Waals surface area contributed by atoms with E-state index >= 15 is 0 Å². The first kappa shape index (κ1) is 53.3. The van der Waals surface area contributed by atoms with Crippen LogP contribution in [-0.4, -0.2) is 263 Å². The van der Waals surface area contributed by atoms with Crippen LogP contribution in [0.4, 0.5) is 0 Å². The molecule has 0 spiro atoms. The fraction of sp³-hybridized carbons (Fsp3) is 0.633. The molecule has 0 bridgehead atoms. The summed E-state index contributed by atoms with van der Waals surface area (Å²) in [7, 11) is 13.4. The van der Waals surface area contributed by atoms with Crippen molar-refractivity contribution in [1.29, 1.82) is 0 Å². The van der Waals surface area contributed by atoms with E-state index in [1.54, 1.807) is 11.8 Å². The fourth-order valence-electron chi connectivity index (χ4n) is 17.3. The molecule has 11 aliphatic rings. The van der Waals surface area contributed by atoms with Gasteiger partial charge in [0.1, 0.15) is 50.2 Å². The molecule has 0 amide bonds. The number of phenols is 13. The maximum absolute atomic E-state index is 12.6. The van der Waals surface area contributed by atoms with Crippen molar-refractivity contribution in [2.24, 2.45) is 29.6 Å². The summed E-state index contributed by atoms with van der Waals surface area (Å²) >= 11 is 2.07. The van der Waals surface area contributed by atoms with Gasteiger partial charge in [0.05, 0.1) is 62.1 Å². The first-order valence-electron chi connectivity index (χ1n) is 25.9. The zero-order valence-corrected chi connectivity index (χ0v) is 42.8. The molecule has 30 unspecified atom stereocenters. The summed E-state index contributed by atoms with van der Waals surface area (Å²) < 4.78 is 0. The highest BCUT2D eigenvalue weighted by Gasteiger charge is 2.80. The van der Waals surface area contributed by atoms with Crippen molar-refractivity contribution < 1.29 is 127 Å². The van der Waals surface area contributed by atoms with Crippen LogP contribution in [0.25, 0.3) is 11.1 Å². The normalized spacial score (nSPS) is 48.4. The van der Waals surface area contributed by atoms with Gasteiger partial charge in [-0.2, -0.15) is 0 Å². The number of aliphatic hydroxyl groups is 8. The largest absolute Gasteiger partial charge is 0.507 e. The van der Waals surface area contributed by atoms with Crippen LogP contribution in [0, 0.1) is 29.6 Å². The molecule has 6 aliphatic heterocycles. The number of nitrogens with zero attached hydrogens (tertiary/aromatic N) is 2. The van der Waals surface area contributed by atoms with E-state index in [0.717, 1.165) is 11.8 Å². The first-order valence-corrected chi connectivity index (χ1v) is 27.8. The Morgan fingerprint density at radius 1 is 0.350 bits per heavy atom. The average Bonchev–Trinajstić information content (AvgIpc) is 1.73. The predicted molar refractivity (Wildman–Crippen MR) is 268 cm³/mol. The Morgan fingerprint density at radius 2 is 0.750 bits per heavy atom. The van der Waals surface area contributed by atoms with Gasteiger partial charge in [0.2, 0.25) is 34.5 Å². The van der Waals surface area contributed by atoms with Crippen molar-refractivity contribution in [3.05, 3.63) is 11.1 Å². The maximum Gasteiger partial charge on any atom is 0.208 e. The van der Waals surface area contributed by atoms with Crippen molar-refractivity contribution in [2.75, 3.05) is 0 Å². The van der Waals surface area contributed by atoms with Crippen LogP contribution in [0.3, 0.4) is 0 Å². The van der Waals surface area contributed by atoms with Gasteiger partial charge in [0.15, 0.2) is 34.5 Å². The molecular weight excluding hydrogens is 1100 g/mol. The summed E-state index contributed by atoms with van der Waals surface area (Å²) in [4.78, 5) is 29.7. The second kappa shape index (κ2) is 17.5. The van der Waals surface area contributed by atoms with Crippen molar-refractivity contribution in [3.63, 3.8) is 0 Å². The number of fused-ring (bicyclic) bond motifs is 4. The molecule has 14 rings (SSSR count). The van der Waals surface area contributed by atoms with Crippen LogP contribution < -0.4 is 5.46 Å². The minimum absolute atomic E-state index is 0.846. The number of hydrogen-bond acceptors (Lipinski definition) is 29. The van der Waals surface area contributed by atoms with E-state index in [-0.39, 0.29) is 0 Å². The summed E-state index contributed by atoms with van der Waals surface area (Å²) in [6.45, 7) is 1.58. The topological polar surface area (TPSA) is 468 Å². The third-order valence-electron chi connectivity index (χ3n) is 20.5. The maximum atomic E-state index is 12.6. The summed E-state index contributed by atoms with van der Waals surface area (Å²) in [5.74, 6) is -28.3. The van der Waals surface area contributed by atoms with Gasteiger partial charge in [0.25, 0.3) is 0 Å². The van der Waals surface area contributed by atoms with Gasteiger partial charge >= 0.3 is 0 Å². The summed E-state index contributed by atoms with van der Waals surface area (Å²) in [5.41, 5.74) is -4.82. The van der Waals surface area contributed by atoms with Gasteiger partial charge in [-0.3, -0.25) is 9.80 Å². The van der Waals surface area contributed by atoms with E-state index < -0.39 is 280 Å². The van der Waals surface area contributed by atoms with Crippen LogP contribution in [0.5, 0.6) is 74.7 Å². The lowest BCUT2D eigenvalue weighted by Crippen LogP contribution is -2.75. The zero-order chi connectivity index (χ0) is 57.1. The smallest absolute Gasteiger partial charge is 0.208 e. The van der Waals surface area contributed by atoms with Crippen molar-refractivity contribution in [1.82, 2.24) is 9.80 Å². The minimum Gasteiger partial charge on any atom is -0.507 e. The Labute approximate surface area is 461 Å². The second-order valence-electron chi connectivity index (χ2n) is 23.5. The standard InChI is InChI=1S/C49H54B2N2O25S2/c1-2-21(54)6-7-17-48(40(73)36(69)25(7)58)80-47-9-8-18-49(41(74)37(70)26(8)59)79-46-5(12-23(56)10(27(60)32(65)30(12)63)3-14(51)31(64)38(71)33(66)24(3)57)13(50)4(11-28(61)34(67)39(72)35(68)29(11)62)42-19(46)53(18)16(9)44(77-75-42)45-20(47)52(17)15(6)43(22(2)55)76-78-45/h2,4-9,13,15-22,25-26,36-37,40-49,54-74H,1H3. The number of phenolic OH excluding ortho intramolecular Hbond substituents is 13. The lowest BCUT2D eigenvalue weighted by atomic mass is 9.55. The Bertz CT molecular complexity index is 3100. The van der Waals surface area contributed by atoms with Crippen molar-refractivity contribution >= 4 is 44.7 Å². The zero-order valence-electron chi connectivity index (χ0n) is 41.2. The molecule has 5 aliphatic carbocycles. The summed E-state index contributed by atoms with van der Waals surface area (Å²) in [5, 5.41) is 239. The van der Waals surface area contributed by atoms with Crippen LogP contribution in [0.15, 0.2) is 0 Å². The highest BCUT2D eigenvalue weighted by Crippen LogP contribution is 2.72. The van der Waals surface area contributed by atoms with E-state index in [4.69, 9.17) is 35.2 Å². The molecule has 0 aromatic heterocycles. The quantitative estimate of drug-likeness (QED) is 0.0508. The molecule has 11 fully saturated rings. The van der Waals surface area contributed by atoms with E-state index in [1.807, 2.05) is 4.90 Å². The van der Waals surface area contributed by atoms with E-state index in [2.05, 4.69) is 0 Å². The van der Waals surface area contributed by atoms with Crippen molar-refractivity contribution in [2.45, 2.75) is 155 Å². The van der Waals surface area contributed by atoms with E-state index in [1.165, 1.54) is 11.8 Å². The molecule has 21 N–H and O–H groups in total. The van der Waals surface area contributed by atoms with Gasteiger partial charge in [-0.05, 0) is 11.4 Å². The molecule has 428 valence electrons. The molecule has 30 atom stereocenters.